The van der Waals surface area contributed by atoms with Crippen molar-refractivity contribution in [3.05, 3.63) is 95.1 Å². The van der Waals surface area contributed by atoms with E-state index in [1.54, 1.807) is 24.3 Å². The van der Waals surface area contributed by atoms with Gasteiger partial charge in [0.1, 0.15) is 0 Å². The van der Waals surface area contributed by atoms with Crippen LogP contribution in [0.5, 0.6) is 0 Å². The Labute approximate surface area is 170 Å². The number of hydrogen-bond acceptors (Lipinski definition) is 2. The number of aryl methyl sites for hydroxylation is 1. The molecule has 2 amide bonds. The van der Waals surface area contributed by atoms with Gasteiger partial charge in [-0.15, -0.1) is 0 Å². The molecule has 3 aromatic rings. The molecule has 2 aliphatic rings. The number of nitrogens with zero attached hydrogens (tertiary/aromatic N) is 2. The van der Waals surface area contributed by atoms with Gasteiger partial charge in [0.2, 0.25) is 0 Å². The molecule has 0 N–H and O–H groups in total. The number of benzene rings is 3. The van der Waals surface area contributed by atoms with E-state index in [0.29, 0.717) is 17.7 Å². The molecule has 0 atom stereocenters. The van der Waals surface area contributed by atoms with Gasteiger partial charge < -0.3 is 9.80 Å². The van der Waals surface area contributed by atoms with Crippen molar-refractivity contribution < 1.29 is 9.59 Å². The van der Waals surface area contributed by atoms with Crippen molar-refractivity contribution in [1.82, 2.24) is 0 Å². The lowest BCUT2D eigenvalue weighted by Crippen LogP contribution is -2.35. The molecular weight excluding hydrogens is 360 g/mol. The minimum Gasteiger partial charge on any atom is -0.308 e. The van der Waals surface area contributed by atoms with Gasteiger partial charge >= 0.3 is 0 Å². The highest BCUT2D eigenvalue weighted by molar-refractivity contribution is 6.09. The van der Waals surface area contributed by atoms with Crippen molar-refractivity contribution in [3.63, 3.8) is 0 Å². The van der Waals surface area contributed by atoms with Crippen LogP contribution in [0, 0.1) is 0 Å². The maximum absolute atomic E-state index is 13.1. The van der Waals surface area contributed by atoms with Crippen molar-refractivity contribution in [1.29, 1.82) is 0 Å². The summed E-state index contributed by atoms with van der Waals surface area (Å²) in [6.45, 7) is 1.42. The maximum Gasteiger partial charge on any atom is 0.258 e. The van der Waals surface area contributed by atoms with Gasteiger partial charge in [0, 0.05) is 35.6 Å². The Morgan fingerprint density at radius 2 is 1.07 bits per heavy atom. The van der Waals surface area contributed by atoms with E-state index in [1.807, 2.05) is 46.2 Å². The third-order valence-corrected chi connectivity index (χ3v) is 5.87. The second kappa shape index (κ2) is 7.21. The van der Waals surface area contributed by atoms with E-state index in [2.05, 4.69) is 12.1 Å². The van der Waals surface area contributed by atoms with E-state index in [9.17, 15) is 9.59 Å². The predicted molar refractivity (Wildman–Crippen MR) is 115 cm³/mol. The molecule has 2 aliphatic heterocycles. The van der Waals surface area contributed by atoms with Crippen LogP contribution in [0.15, 0.2) is 72.8 Å². The number of carbonyl (C=O) groups is 2. The van der Waals surface area contributed by atoms with Crippen LogP contribution < -0.4 is 9.80 Å². The lowest BCUT2D eigenvalue weighted by atomic mass is 10.0. The van der Waals surface area contributed by atoms with E-state index >= 15 is 0 Å². The van der Waals surface area contributed by atoms with Gasteiger partial charge in [-0.05, 0) is 66.8 Å². The van der Waals surface area contributed by atoms with E-state index in [1.165, 1.54) is 11.1 Å². The third-order valence-electron chi connectivity index (χ3n) is 5.87. The molecule has 5 rings (SSSR count). The molecule has 29 heavy (non-hydrogen) atoms. The van der Waals surface area contributed by atoms with E-state index in [-0.39, 0.29) is 11.8 Å². The summed E-state index contributed by atoms with van der Waals surface area (Å²) in [5.41, 5.74) is 5.63. The number of anilines is 2. The molecule has 3 aromatic carbocycles. The molecule has 0 fully saturated rings. The van der Waals surface area contributed by atoms with Crippen molar-refractivity contribution in [2.75, 3.05) is 22.9 Å². The smallest absolute Gasteiger partial charge is 0.258 e. The molecule has 0 spiro atoms. The second-order valence-corrected chi connectivity index (χ2v) is 7.60. The second-order valence-electron chi connectivity index (χ2n) is 7.60. The molecule has 0 unspecified atom stereocenters. The van der Waals surface area contributed by atoms with Crippen LogP contribution in [-0.2, 0) is 12.8 Å². The predicted octanol–water partition coefficient (Wildman–Crippen LogP) is 4.48. The molecule has 144 valence electrons. The highest BCUT2D eigenvalue weighted by atomic mass is 16.2. The molecule has 0 aliphatic carbocycles. The highest BCUT2D eigenvalue weighted by Gasteiger charge is 2.26. The molecule has 0 radical (unpaired) electrons. The van der Waals surface area contributed by atoms with Gasteiger partial charge in [-0.3, -0.25) is 9.59 Å². The summed E-state index contributed by atoms with van der Waals surface area (Å²) < 4.78 is 0. The Kier molecular flexibility index (Phi) is 4.39. The summed E-state index contributed by atoms with van der Waals surface area (Å²) in [5, 5.41) is 0. The summed E-state index contributed by atoms with van der Waals surface area (Å²) in [4.78, 5) is 29.8. The monoisotopic (exact) mass is 382 g/mol. The van der Waals surface area contributed by atoms with Crippen LogP contribution in [0.1, 0.15) is 38.3 Å². The first kappa shape index (κ1) is 17.7. The molecule has 4 heteroatoms. The average Bonchev–Trinajstić information content (AvgIpc) is 3.22. The van der Waals surface area contributed by atoms with Gasteiger partial charge in [-0.25, -0.2) is 0 Å². The summed E-state index contributed by atoms with van der Waals surface area (Å²) in [6.07, 6.45) is 2.85. The van der Waals surface area contributed by atoms with Crippen molar-refractivity contribution >= 4 is 23.2 Å². The topological polar surface area (TPSA) is 40.6 Å². The highest BCUT2D eigenvalue weighted by Crippen LogP contribution is 2.30. The fraction of sp³-hybridized carbons (Fsp3) is 0.200. The van der Waals surface area contributed by atoms with Gasteiger partial charge in [0.25, 0.3) is 11.8 Å². The number of para-hydroxylation sites is 2. The largest absolute Gasteiger partial charge is 0.308 e. The van der Waals surface area contributed by atoms with Gasteiger partial charge in [-0.2, -0.15) is 0 Å². The van der Waals surface area contributed by atoms with Crippen LogP contribution in [0.4, 0.5) is 11.4 Å². The fourth-order valence-corrected chi connectivity index (χ4v) is 4.36. The first-order chi connectivity index (χ1) is 14.2. The zero-order valence-corrected chi connectivity index (χ0v) is 16.2. The van der Waals surface area contributed by atoms with E-state index in [0.717, 1.165) is 37.2 Å². The van der Waals surface area contributed by atoms with Gasteiger partial charge in [-0.1, -0.05) is 36.4 Å². The van der Waals surface area contributed by atoms with Crippen LogP contribution >= 0.6 is 0 Å². The number of amides is 2. The summed E-state index contributed by atoms with van der Waals surface area (Å²) in [5.74, 6) is -0.0278. The first-order valence-corrected chi connectivity index (χ1v) is 10.1. The molecule has 0 saturated heterocycles. The SMILES string of the molecule is O=C(c1ccc(C(=O)N2CCc3ccccc32)cc1)N1CCCc2ccccc21. The Hall–Kier alpha value is -3.40. The van der Waals surface area contributed by atoms with E-state index in [4.69, 9.17) is 0 Å². The van der Waals surface area contributed by atoms with Crippen LogP contribution in [0.2, 0.25) is 0 Å². The Morgan fingerprint density at radius 1 is 0.586 bits per heavy atom. The summed E-state index contributed by atoms with van der Waals surface area (Å²) in [6, 6.07) is 23.2. The molecule has 4 nitrogen and oxygen atoms in total. The first-order valence-electron chi connectivity index (χ1n) is 10.1. The minimum absolute atomic E-state index is 0.0114. The normalized spacial score (nSPS) is 15.0. The molecule has 0 saturated carbocycles. The maximum atomic E-state index is 13.1. The van der Waals surface area contributed by atoms with Gasteiger partial charge in [0.05, 0.1) is 0 Å². The van der Waals surface area contributed by atoms with E-state index < -0.39 is 0 Å². The minimum atomic E-state index is -0.0164. The van der Waals surface area contributed by atoms with Crippen LogP contribution in [0.3, 0.4) is 0 Å². The Morgan fingerprint density at radius 3 is 1.66 bits per heavy atom. The average molecular weight is 382 g/mol. The number of fused-ring (bicyclic) bond motifs is 2. The summed E-state index contributed by atoms with van der Waals surface area (Å²) >= 11 is 0. The fourth-order valence-electron chi connectivity index (χ4n) is 4.36. The lowest BCUT2D eigenvalue weighted by molar-refractivity contribution is 0.0975. The van der Waals surface area contributed by atoms with Gasteiger partial charge in [0.15, 0.2) is 0 Å². The van der Waals surface area contributed by atoms with Crippen LogP contribution in [-0.4, -0.2) is 24.9 Å². The number of hydrogen-bond donors (Lipinski definition) is 0. The number of carbonyl (C=O) groups excluding carboxylic acids is 2. The Bertz CT molecular complexity index is 1090. The summed E-state index contributed by atoms with van der Waals surface area (Å²) in [7, 11) is 0. The lowest BCUT2D eigenvalue weighted by Gasteiger charge is -2.29. The quantitative estimate of drug-likeness (QED) is 0.656. The Balaban J connectivity index is 1.37. The zero-order chi connectivity index (χ0) is 19.8. The molecular formula is C25H22N2O2. The van der Waals surface area contributed by atoms with Crippen molar-refractivity contribution in [2.45, 2.75) is 19.3 Å². The third kappa shape index (κ3) is 3.11. The molecule has 0 aromatic heterocycles. The van der Waals surface area contributed by atoms with Crippen molar-refractivity contribution in [3.8, 4) is 0 Å². The molecule has 0 bridgehead atoms. The zero-order valence-electron chi connectivity index (χ0n) is 16.2. The van der Waals surface area contributed by atoms with Crippen LogP contribution in [0.25, 0.3) is 0 Å². The standard InChI is InChI=1S/C25H22N2O2/c28-24(26-16-5-8-18-6-1-3-9-22(18)26)20-11-13-21(14-12-20)25(29)27-17-15-19-7-2-4-10-23(19)27/h1-4,6-7,9-14H,5,8,15-17H2. The van der Waals surface area contributed by atoms with Crippen molar-refractivity contribution in [2.24, 2.45) is 0 Å². The number of rotatable bonds is 2. The molecule has 2 heterocycles.